The van der Waals surface area contributed by atoms with Crippen LogP contribution in [0.1, 0.15) is 51.3 Å². The predicted octanol–water partition coefficient (Wildman–Crippen LogP) is 5.98. The molecule has 0 radical (unpaired) electrons. The van der Waals surface area contributed by atoms with Crippen LogP contribution in [0.3, 0.4) is 0 Å². The Balaban J connectivity index is 1.46. The Morgan fingerprint density at radius 3 is 2.40 bits per heavy atom. The fourth-order valence-electron chi connectivity index (χ4n) is 5.50. The van der Waals surface area contributed by atoms with Gasteiger partial charge in [0.25, 0.3) is 5.91 Å². The summed E-state index contributed by atoms with van der Waals surface area (Å²) in [6.07, 6.45) is 3.16. The van der Waals surface area contributed by atoms with Gasteiger partial charge >= 0.3 is 0 Å². The molecule has 2 aliphatic rings. The van der Waals surface area contributed by atoms with Gasteiger partial charge in [-0.15, -0.1) is 11.3 Å². The molecule has 1 N–H and O–H groups in total. The van der Waals surface area contributed by atoms with Crippen molar-refractivity contribution in [1.29, 1.82) is 0 Å². The molecule has 0 atom stereocenters. The number of nitrogens with one attached hydrogen (secondary N) is 1. The van der Waals surface area contributed by atoms with Crippen LogP contribution >= 0.6 is 34.5 Å². The van der Waals surface area contributed by atoms with Gasteiger partial charge in [0.1, 0.15) is 0 Å². The van der Waals surface area contributed by atoms with Gasteiger partial charge in [-0.1, -0.05) is 59.2 Å². The van der Waals surface area contributed by atoms with Crippen molar-refractivity contribution < 1.29 is 13.2 Å². The van der Waals surface area contributed by atoms with Crippen LogP contribution in [0, 0.1) is 18.8 Å². The van der Waals surface area contributed by atoms with Crippen molar-refractivity contribution >= 4 is 50.3 Å². The Hall–Kier alpha value is -3.17. The summed E-state index contributed by atoms with van der Waals surface area (Å²) in [6, 6.07) is 17.2. The van der Waals surface area contributed by atoms with Gasteiger partial charge in [-0.3, -0.25) is 15.1 Å². The van der Waals surface area contributed by atoms with E-state index in [2.05, 4.69) is 22.2 Å². The van der Waals surface area contributed by atoms with Gasteiger partial charge in [-0.2, -0.15) is 5.10 Å². The third kappa shape index (κ3) is 7.63. The molecular formula is C33H33Cl2N5O3S2. The molecule has 2 aliphatic heterocycles. The van der Waals surface area contributed by atoms with Crippen LogP contribution in [-0.2, 0) is 16.4 Å². The maximum absolute atomic E-state index is 13.9. The van der Waals surface area contributed by atoms with Crippen molar-refractivity contribution in [3.8, 4) is 28.1 Å². The monoisotopic (exact) mass is 681 g/mol. The Morgan fingerprint density at radius 2 is 1.69 bits per heavy atom. The van der Waals surface area contributed by atoms with E-state index in [0.29, 0.717) is 46.6 Å². The van der Waals surface area contributed by atoms with E-state index in [1.807, 2.05) is 48.3 Å². The van der Waals surface area contributed by atoms with E-state index in [4.69, 9.17) is 28.3 Å². The smallest absolute Gasteiger partial charge is 0.286 e. The van der Waals surface area contributed by atoms with E-state index in [9.17, 15) is 13.2 Å². The number of hydrogen-bond acceptors (Lipinski definition) is 7. The lowest BCUT2D eigenvalue weighted by Crippen LogP contribution is -2.45. The Morgan fingerprint density at radius 1 is 0.956 bits per heavy atom. The Bertz CT molecular complexity index is 1870. The first kappa shape index (κ1) is 31.8. The molecule has 4 aromatic rings. The molecular weight excluding hydrogens is 649 g/mol. The number of piperidine rings is 1. The maximum Gasteiger partial charge on any atom is 0.286 e. The standard InChI is InChI=1S/C33H33Cl2N5O3S2/c1-23-5-7-24(8-6-23)9-11-26-12-14-30(44-26)32-27(22-38-17-19-45(42,43)20-18-38)31(33(41)37-39-15-3-2-4-16-39)36-40(32)29-13-10-25(34)21-28(29)35/h5-8,10,12-14,21H,2-4,15-20,22H2,1H3,(H,37,41). The molecule has 12 heteroatoms. The summed E-state index contributed by atoms with van der Waals surface area (Å²) in [5, 5.41) is 7.72. The zero-order valence-corrected chi connectivity index (χ0v) is 28.0. The normalized spacial score (nSPS) is 17.0. The molecule has 2 aromatic carbocycles. The molecule has 6 rings (SSSR count). The third-order valence-electron chi connectivity index (χ3n) is 7.99. The summed E-state index contributed by atoms with van der Waals surface area (Å²) < 4.78 is 26.2. The quantitative estimate of drug-likeness (QED) is 0.252. The van der Waals surface area contributed by atoms with Crippen LogP contribution in [-0.4, -0.2) is 71.7 Å². The highest BCUT2D eigenvalue weighted by molar-refractivity contribution is 7.91. The second kappa shape index (κ2) is 13.7. The van der Waals surface area contributed by atoms with E-state index in [1.165, 1.54) is 16.9 Å². The fraction of sp³-hybridized carbons (Fsp3) is 0.333. The Kier molecular flexibility index (Phi) is 9.66. The molecule has 8 nitrogen and oxygen atoms in total. The number of carbonyl (C=O) groups is 1. The fourth-order valence-corrected chi connectivity index (χ4v) is 8.18. The molecule has 0 unspecified atom stereocenters. The third-order valence-corrected chi connectivity index (χ3v) is 11.1. The lowest BCUT2D eigenvalue weighted by Gasteiger charge is -2.28. The highest BCUT2D eigenvalue weighted by Crippen LogP contribution is 2.37. The van der Waals surface area contributed by atoms with Crippen LogP contribution in [0.2, 0.25) is 10.0 Å². The molecule has 1 amide bonds. The van der Waals surface area contributed by atoms with E-state index in [1.54, 1.807) is 22.9 Å². The zero-order chi connectivity index (χ0) is 31.6. The first-order valence-electron chi connectivity index (χ1n) is 14.9. The van der Waals surface area contributed by atoms with E-state index in [-0.39, 0.29) is 23.1 Å². The summed E-state index contributed by atoms with van der Waals surface area (Å²) in [5.74, 6) is 6.36. The van der Waals surface area contributed by atoms with Gasteiger partial charge in [0.05, 0.1) is 37.7 Å². The number of thiophene rings is 1. The number of aryl methyl sites for hydroxylation is 1. The number of sulfone groups is 1. The van der Waals surface area contributed by atoms with Crippen LogP contribution in [0.4, 0.5) is 0 Å². The first-order chi connectivity index (χ1) is 21.6. The number of rotatable bonds is 6. The number of halogens is 2. The average Bonchev–Trinajstić information content (AvgIpc) is 3.63. The largest absolute Gasteiger partial charge is 0.297 e. The molecule has 2 fully saturated rings. The summed E-state index contributed by atoms with van der Waals surface area (Å²) in [7, 11) is -3.08. The van der Waals surface area contributed by atoms with Crippen LogP contribution in [0.25, 0.3) is 16.3 Å². The van der Waals surface area contributed by atoms with E-state index >= 15 is 0 Å². The minimum Gasteiger partial charge on any atom is -0.297 e. The topological polar surface area (TPSA) is 87.5 Å². The molecule has 0 spiro atoms. The molecule has 4 heterocycles. The molecule has 2 saturated heterocycles. The van der Waals surface area contributed by atoms with Crippen molar-refractivity contribution in [1.82, 2.24) is 25.1 Å². The minimum absolute atomic E-state index is 0.0759. The highest BCUT2D eigenvalue weighted by atomic mass is 35.5. The number of amides is 1. The second-order valence-electron chi connectivity index (χ2n) is 11.4. The molecule has 234 valence electrons. The van der Waals surface area contributed by atoms with Gasteiger partial charge < -0.3 is 0 Å². The number of benzene rings is 2. The van der Waals surface area contributed by atoms with Gasteiger partial charge in [0, 0.05) is 48.9 Å². The van der Waals surface area contributed by atoms with Crippen LogP contribution in [0.15, 0.2) is 54.6 Å². The van der Waals surface area contributed by atoms with E-state index < -0.39 is 9.84 Å². The highest BCUT2D eigenvalue weighted by Gasteiger charge is 2.31. The molecule has 0 aliphatic carbocycles. The summed E-state index contributed by atoms with van der Waals surface area (Å²) in [4.78, 5) is 17.7. The number of hydrogen-bond donors (Lipinski definition) is 1. The van der Waals surface area contributed by atoms with Crippen molar-refractivity contribution in [2.45, 2.75) is 32.7 Å². The molecule has 2 aromatic heterocycles. The SMILES string of the molecule is Cc1ccc(C#Cc2ccc(-c3c(CN4CCS(=O)(=O)CC4)c(C(=O)NN4CCCCC4)nn3-c3ccc(Cl)cc3Cl)s2)cc1. The molecule has 0 saturated carbocycles. The van der Waals surface area contributed by atoms with Gasteiger partial charge in [-0.25, -0.2) is 18.1 Å². The zero-order valence-electron chi connectivity index (χ0n) is 24.9. The van der Waals surface area contributed by atoms with Gasteiger partial charge in [0.2, 0.25) is 0 Å². The maximum atomic E-state index is 13.9. The minimum atomic E-state index is -3.08. The molecule has 45 heavy (non-hydrogen) atoms. The number of hydrazine groups is 1. The number of aromatic nitrogens is 2. The number of carbonyl (C=O) groups excluding carboxylic acids is 1. The second-order valence-corrected chi connectivity index (χ2v) is 15.6. The van der Waals surface area contributed by atoms with Gasteiger partial charge in [0.15, 0.2) is 15.5 Å². The van der Waals surface area contributed by atoms with Crippen LogP contribution < -0.4 is 5.43 Å². The van der Waals surface area contributed by atoms with Gasteiger partial charge in [-0.05, 0) is 62.2 Å². The lowest BCUT2D eigenvalue weighted by atomic mass is 10.1. The van der Waals surface area contributed by atoms with Crippen molar-refractivity contribution in [3.05, 3.63) is 91.9 Å². The summed E-state index contributed by atoms with van der Waals surface area (Å²) >= 11 is 14.5. The molecule has 0 bridgehead atoms. The van der Waals surface area contributed by atoms with Crippen molar-refractivity contribution in [2.24, 2.45) is 0 Å². The van der Waals surface area contributed by atoms with Crippen LogP contribution in [0.5, 0.6) is 0 Å². The Labute approximate surface area is 277 Å². The average molecular weight is 683 g/mol. The lowest BCUT2D eigenvalue weighted by molar-refractivity contribution is 0.0742. The first-order valence-corrected chi connectivity index (χ1v) is 18.3. The number of nitrogens with zero attached hydrogens (tertiary/aromatic N) is 4. The predicted molar refractivity (Wildman–Crippen MR) is 181 cm³/mol. The van der Waals surface area contributed by atoms with Crippen molar-refractivity contribution in [2.75, 3.05) is 37.7 Å². The summed E-state index contributed by atoms with van der Waals surface area (Å²) in [6.45, 7) is 4.69. The van der Waals surface area contributed by atoms with E-state index in [0.717, 1.165) is 47.7 Å². The summed E-state index contributed by atoms with van der Waals surface area (Å²) in [5.41, 5.74) is 7.44. The van der Waals surface area contributed by atoms with Crippen molar-refractivity contribution in [3.63, 3.8) is 0 Å².